The molecule has 2 aliphatic rings. The highest BCUT2D eigenvalue weighted by atomic mass is 16.2. The second kappa shape index (κ2) is 6.40. The number of carbonyl (C=O) groups is 2. The summed E-state index contributed by atoms with van der Waals surface area (Å²) in [4.78, 5) is 25.9. The van der Waals surface area contributed by atoms with Crippen LogP contribution >= 0.6 is 0 Å². The van der Waals surface area contributed by atoms with Crippen LogP contribution in [0.4, 0.5) is 0 Å². The average molecular weight is 266 g/mol. The molecule has 4 nitrogen and oxygen atoms in total. The predicted molar refractivity (Wildman–Crippen MR) is 74.5 cm³/mol. The number of carbonyl (C=O) groups excluding carboxylic acids is 2. The fourth-order valence-corrected chi connectivity index (χ4v) is 3.13. The molecule has 1 saturated carbocycles. The third kappa shape index (κ3) is 3.95. The second-order valence-corrected chi connectivity index (χ2v) is 6.44. The molecule has 1 heterocycles. The zero-order valence-electron chi connectivity index (χ0n) is 12.2. The van der Waals surface area contributed by atoms with Crippen molar-refractivity contribution in [2.45, 2.75) is 58.4 Å². The minimum atomic E-state index is -0.131. The van der Waals surface area contributed by atoms with Gasteiger partial charge in [0, 0.05) is 25.6 Å². The van der Waals surface area contributed by atoms with Crippen LogP contribution in [-0.4, -0.2) is 35.8 Å². The van der Waals surface area contributed by atoms with E-state index in [0.29, 0.717) is 24.9 Å². The molecule has 4 heteroatoms. The Labute approximate surface area is 115 Å². The molecule has 1 atom stereocenters. The first-order valence-corrected chi connectivity index (χ1v) is 7.64. The lowest BCUT2D eigenvalue weighted by molar-refractivity contribution is -0.129. The zero-order valence-corrected chi connectivity index (χ0v) is 12.2. The molecule has 1 unspecified atom stereocenters. The van der Waals surface area contributed by atoms with Crippen LogP contribution in [-0.2, 0) is 9.59 Å². The fourth-order valence-electron chi connectivity index (χ4n) is 3.13. The summed E-state index contributed by atoms with van der Waals surface area (Å²) in [5.41, 5.74) is 0. The molecule has 1 N–H and O–H groups in total. The SMILES string of the molecule is CC(C)CN1CC(C(=O)NC2CCCCC2)CC1=O. The summed E-state index contributed by atoms with van der Waals surface area (Å²) in [6.07, 6.45) is 6.31. The van der Waals surface area contributed by atoms with Gasteiger partial charge in [0.2, 0.25) is 11.8 Å². The van der Waals surface area contributed by atoms with Crippen molar-refractivity contribution in [3.8, 4) is 0 Å². The molecule has 2 rings (SSSR count). The molecule has 108 valence electrons. The van der Waals surface area contributed by atoms with Crippen LogP contribution in [0.5, 0.6) is 0 Å². The van der Waals surface area contributed by atoms with Gasteiger partial charge in [-0.15, -0.1) is 0 Å². The molecule has 1 aliphatic carbocycles. The summed E-state index contributed by atoms with van der Waals surface area (Å²) in [6.45, 7) is 5.58. The number of nitrogens with one attached hydrogen (secondary N) is 1. The first-order valence-electron chi connectivity index (χ1n) is 7.64. The van der Waals surface area contributed by atoms with E-state index in [1.54, 1.807) is 0 Å². The Kier molecular flexibility index (Phi) is 4.83. The van der Waals surface area contributed by atoms with Gasteiger partial charge >= 0.3 is 0 Å². The van der Waals surface area contributed by atoms with E-state index in [4.69, 9.17) is 0 Å². The molecule has 0 aromatic carbocycles. The van der Waals surface area contributed by atoms with Crippen molar-refractivity contribution in [3.63, 3.8) is 0 Å². The summed E-state index contributed by atoms with van der Waals surface area (Å²) in [5, 5.41) is 3.14. The minimum absolute atomic E-state index is 0.0894. The molecule has 2 fully saturated rings. The third-order valence-corrected chi connectivity index (χ3v) is 4.12. The van der Waals surface area contributed by atoms with Crippen LogP contribution in [0.15, 0.2) is 0 Å². The number of hydrogen-bond donors (Lipinski definition) is 1. The average Bonchev–Trinajstić information content (AvgIpc) is 2.71. The Hall–Kier alpha value is -1.06. The molecule has 0 aromatic rings. The molecular formula is C15H26N2O2. The summed E-state index contributed by atoms with van der Waals surface area (Å²) in [7, 11) is 0. The highest BCUT2D eigenvalue weighted by molar-refractivity contribution is 5.89. The molecule has 19 heavy (non-hydrogen) atoms. The van der Waals surface area contributed by atoms with Crippen molar-refractivity contribution < 1.29 is 9.59 Å². The van der Waals surface area contributed by atoms with Crippen molar-refractivity contribution in [3.05, 3.63) is 0 Å². The minimum Gasteiger partial charge on any atom is -0.353 e. The summed E-state index contributed by atoms with van der Waals surface area (Å²) < 4.78 is 0. The van der Waals surface area contributed by atoms with E-state index in [9.17, 15) is 9.59 Å². The van der Waals surface area contributed by atoms with Crippen LogP contribution in [0.1, 0.15) is 52.4 Å². The van der Waals surface area contributed by atoms with Crippen molar-refractivity contribution in [2.24, 2.45) is 11.8 Å². The highest BCUT2D eigenvalue weighted by Gasteiger charge is 2.35. The third-order valence-electron chi connectivity index (χ3n) is 4.12. The molecule has 0 aromatic heterocycles. The number of rotatable bonds is 4. The first-order chi connectivity index (χ1) is 9.06. The Morgan fingerprint density at radius 1 is 1.32 bits per heavy atom. The number of likely N-dealkylation sites (tertiary alicyclic amines) is 1. The zero-order chi connectivity index (χ0) is 13.8. The highest BCUT2D eigenvalue weighted by Crippen LogP contribution is 2.22. The van der Waals surface area contributed by atoms with E-state index in [1.807, 2.05) is 4.90 Å². The summed E-state index contributed by atoms with van der Waals surface area (Å²) >= 11 is 0. The van der Waals surface area contributed by atoms with Crippen molar-refractivity contribution in [2.75, 3.05) is 13.1 Å². The van der Waals surface area contributed by atoms with E-state index < -0.39 is 0 Å². The van der Waals surface area contributed by atoms with Gasteiger partial charge in [0.25, 0.3) is 0 Å². The van der Waals surface area contributed by atoms with Crippen molar-refractivity contribution in [1.82, 2.24) is 10.2 Å². The molecule has 2 amide bonds. The predicted octanol–water partition coefficient (Wildman–Crippen LogP) is 1.94. The number of amides is 2. The smallest absolute Gasteiger partial charge is 0.225 e. The first kappa shape index (κ1) is 14.4. The van der Waals surface area contributed by atoms with Crippen LogP contribution < -0.4 is 5.32 Å². The van der Waals surface area contributed by atoms with Gasteiger partial charge in [-0.25, -0.2) is 0 Å². The van der Waals surface area contributed by atoms with E-state index in [-0.39, 0.29) is 17.7 Å². The molecular weight excluding hydrogens is 240 g/mol. The molecule has 1 saturated heterocycles. The molecule has 0 spiro atoms. The summed E-state index contributed by atoms with van der Waals surface area (Å²) in [6, 6.07) is 0.343. The van der Waals surface area contributed by atoms with Gasteiger partial charge < -0.3 is 10.2 Å². The Bertz CT molecular complexity index is 335. The van der Waals surface area contributed by atoms with Crippen molar-refractivity contribution >= 4 is 11.8 Å². The van der Waals surface area contributed by atoms with E-state index in [0.717, 1.165) is 19.4 Å². The lowest BCUT2D eigenvalue weighted by Crippen LogP contribution is -2.41. The van der Waals surface area contributed by atoms with Gasteiger partial charge in [0.1, 0.15) is 0 Å². The lowest BCUT2D eigenvalue weighted by atomic mass is 9.95. The van der Waals surface area contributed by atoms with Crippen LogP contribution in [0.3, 0.4) is 0 Å². The molecule has 0 bridgehead atoms. The Morgan fingerprint density at radius 3 is 2.63 bits per heavy atom. The Morgan fingerprint density at radius 2 is 2.00 bits per heavy atom. The maximum absolute atomic E-state index is 12.2. The summed E-state index contributed by atoms with van der Waals surface area (Å²) in [5.74, 6) is 0.557. The topological polar surface area (TPSA) is 49.4 Å². The quantitative estimate of drug-likeness (QED) is 0.845. The van der Waals surface area contributed by atoms with Gasteiger partial charge in [-0.1, -0.05) is 33.1 Å². The van der Waals surface area contributed by atoms with Gasteiger partial charge in [-0.3, -0.25) is 9.59 Å². The lowest BCUT2D eigenvalue weighted by Gasteiger charge is -2.24. The molecule has 1 aliphatic heterocycles. The van der Waals surface area contributed by atoms with Crippen LogP contribution in [0.25, 0.3) is 0 Å². The van der Waals surface area contributed by atoms with Crippen molar-refractivity contribution in [1.29, 1.82) is 0 Å². The van der Waals surface area contributed by atoms with E-state index >= 15 is 0 Å². The van der Waals surface area contributed by atoms with E-state index in [1.165, 1.54) is 19.3 Å². The number of hydrogen-bond acceptors (Lipinski definition) is 2. The van der Waals surface area contributed by atoms with Gasteiger partial charge in [-0.2, -0.15) is 0 Å². The Balaban J connectivity index is 1.81. The monoisotopic (exact) mass is 266 g/mol. The largest absolute Gasteiger partial charge is 0.353 e. The number of nitrogens with zero attached hydrogens (tertiary/aromatic N) is 1. The maximum Gasteiger partial charge on any atom is 0.225 e. The maximum atomic E-state index is 12.2. The van der Waals surface area contributed by atoms with Crippen LogP contribution in [0.2, 0.25) is 0 Å². The second-order valence-electron chi connectivity index (χ2n) is 6.44. The van der Waals surface area contributed by atoms with E-state index in [2.05, 4.69) is 19.2 Å². The van der Waals surface area contributed by atoms with Crippen LogP contribution in [0, 0.1) is 11.8 Å². The van der Waals surface area contributed by atoms with Gasteiger partial charge in [0.15, 0.2) is 0 Å². The van der Waals surface area contributed by atoms with Gasteiger partial charge in [0.05, 0.1) is 5.92 Å². The fraction of sp³-hybridized carbons (Fsp3) is 0.867. The normalized spacial score (nSPS) is 25.1. The molecule has 0 radical (unpaired) electrons. The van der Waals surface area contributed by atoms with Gasteiger partial charge in [-0.05, 0) is 18.8 Å². The standard InChI is InChI=1S/C15H26N2O2/c1-11(2)9-17-10-12(8-14(17)18)15(19)16-13-6-4-3-5-7-13/h11-13H,3-10H2,1-2H3,(H,16,19).